The maximum atomic E-state index is 5.11. The molecule has 1 fully saturated rings. The molecule has 0 saturated heterocycles. The highest BCUT2D eigenvalue weighted by atomic mass is 14.9. The molecular weight excluding hydrogens is 727 g/mol. The van der Waals surface area contributed by atoms with E-state index in [0.717, 1.165) is 50.3 Å². The first-order valence-corrected chi connectivity index (χ1v) is 21.2. The van der Waals surface area contributed by atoms with Crippen LogP contribution >= 0.6 is 0 Å². The van der Waals surface area contributed by atoms with E-state index < -0.39 is 0 Å². The van der Waals surface area contributed by atoms with Gasteiger partial charge < -0.3 is 0 Å². The molecule has 2 heterocycles. The van der Waals surface area contributed by atoms with Gasteiger partial charge in [-0.2, -0.15) is 0 Å². The molecule has 0 N–H and O–H groups in total. The normalized spacial score (nSPS) is 13.8. The predicted octanol–water partition coefficient (Wildman–Crippen LogP) is 14.8. The molecular formula is C57H43N3. The molecule has 0 aliphatic heterocycles. The minimum atomic E-state index is 0.165. The van der Waals surface area contributed by atoms with Crippen molar-refractivity contribution in [2.24, 2.45) is 0 Å². The first-order chi connectivity index (χ1) is 29.7. The summed E-state index contributed by atoms with van der Waals surface area (Å²) in [6.45, 7) is 0. The second kappa shape index (κ2) is 15.2. The summed E-state index contributed by atoms with van der Waals surface area (Å²) in [5.74, 6) is 0.704. The van der Waals surface area contributed by atoms with Crippen molar-refractivity contribution in [2.45, 2.75) is 37.5 Å². The van der Waals surface area contributed by atoms with Crippen molar-refractivity contribution in [3.8, 4) is 89.5 Å². The Morgan fingerprint density at radius 2 is 0.850 bits per heavy atom. The highest BCUT2D eigenvalue weighted by Crippen LogP contribution is 2.56. The summed E-state index contributed by atoms with van der Waals surface area (Å²) in [6, 6.07) is 68.0. The molecule has 7 aromatic carbocycles. The fourth-order valence-electron chi connectivity index (χ4n) is 9.72. The average Bonchev–Trinajstić information content (AvgIpc) is 3.60. The molecule has 0 atom stereocenters. The van der Waals surface area contributed by atoms with Gasteiger partial charge in [-0.1, -0.05) is 183 Å². The first-order valence-electron chi connectivity index (χ1n) is 21.2. The van der Waals surface area contributed by atoms with Gasteiger partial charge >= 0.3 is 0 Å². The van der Waals surface area contributed by atoms with Gasteiger partial charge in [0.15, 0.2) is 5.82 Å². The van der Waals surface area contributed by atoms with Crippen LogP contribution in [0.15, 0.2) is 200 Å². The third kappa shape index (κ3) is 6.53. The second-order valence-corrected chi connectivity index (χ2v) is 16.3. The molecule has 0 unspecified atom stereocenters. The number of aromatic nitrogens is 3. The van der Waals surface area contributed by atoms with Crippen LogP contribution in [-0.2, 0) is 5.41 Å². The zero-order chi connectivity index (χ0) is 39.9. The maximum Gasteiger partial charge on any atom is 0.160 e. The molecule has 2 aromatic heterocycles. The van der Waals surface area contributed by atoms with E-state index in [0.29, 0.717) is 5.82 Å². The Balaban J connectivity index is 0.864. The maximum absolute atomic E-state index is 5.11. The summed E-state index contributed by atoms with van der Waals surface area (Å²) >= 11 is 0. The number of hydrogen-bond donors (Lipinski definition) is 0. The third-order valence-corrected chi connectivity index (χ3v) is 12.8. The quantitative estimate of drug-likeness (QED) is 0.162. The molecule has 2 aliphatic carbocycles. The highest BCUT2D eigenvalue weighted by Gasteiger charge is 2.43. The number of benzene rings is 7. The third-order valence-electron chi connectivity index (χ3n) is 12.8. The van der Waals surface area contributed by atoms with E-state index in [-0.39, 0.29) is 5.41 Å². The van der Waals surface area contributed by atoms with Crippen molar-refractivity contribution in [1.29, 1.82) is 0 Å². The van der Waals surface area contributed by atoms with Crippen molar-refractivity contribution >= 4 is 0 Å². The van der Waals surface area contributed by atoms with Crippen LogP contribution in [0, 0.1) is 0 Å². The zero-order valence-electron chi connectivity index (χ0n) is 33.4. The van der Waals surface area contributed by atoms with Crippen LogP contribution < -0.4 is 0 Å². The number of hydrogen-bond acceptors (Lipinski definition) is 3. The standard InChI is InChI=1S/C57H43N3/c1-3-11-45(12-4-1)56-59-54(44-28-26-43(27-29-44)49-15-10-34-58-38-49)37-55(60-56)48-14-9-13-46(35-48)41-22-18-39(19-23-41)40-20-24-42(25-21-40)47-30-31-51-50-16-5-6-17-52(50)57(53(51)36-47)32-7-2-8-33-57/h1,3-6,9-31,34-38H,2,7-8,32-33H2. The lowest BCUT2D eigenvalue weighted by atomic mass is 9.67. The average molecular weight is 770 g/mol. The molecule has 3 nitrogen and oxygen atoms in total. The SMILES string of the molecule is c1ccc(-c2nc(-c3ccc(-c4cccnc4)cc3)cc(-c3cccc(-c4ccc(-c5ccc(-c6ccc7c(c6)C6(CCCCC6)c6ccccc6-7)cc5)cc4)c3)n2)cc1. The largest absolute Gasteiger partial charge is 0.264 e. The van der Waals surface area contributed by atoms with Gasteiger partial charge in [0.1, 0.15) is 0 Å². The molecule has 9 aromatic rings. The Kier molecular flexibility index (Phi) is 9.08. The summed E-state index contributed by atoms with van der Waals surface area (Å²) in [5.41, 5.74) is 20.4. The molecule has 0 radical (unpaired) electrons. The van der Waals surface area contributed by atoms with Gasteiger partial charge in [-0.15, -0.1) is 0 Å². The van der Waals surface area contributed by atoms with Crippen LogP contribution in [0.25, 0.3) is 89.5 Å². The molecule has 1 saturated carbocycles. The van der Waals surface area contributed by atoms with Crippen molar-refractivity contribution in [3.05, 3.63) is 212 Å². The number of rotatable bonds is 7. The summed E-state index contributed by atoms with van der Waals surface area (Å²) in [5, 5.41) is 0. The topological polar surface area (TPSA) is 38.7 Å². The summed E-state index contributed by atoms with van der Waals surface area (Å²) < 4.78 is 0. The van der Waals surface area contributed by atoms with Gasteiger partial charge in [0.25, 0.3) is 0 Å². The molecule has 3 heteroatoms. The summed E-state index contributed by atoms with van der Waals surface area (Å²) in [7, 11) is 0. The van der Waals surface area contributed by atoms with Gasteiger partial charge in [0, 0.05) is 34.5 Å². The molecule has 60 heavy (non-hydrogen) atoms. The van der Waals surface area contributed by atoms with E-state index in [4.69, 9.17) is 9.97 Å². The minimum absolute atomic E-state index is 0.165. The summed E-state index contributed by atoms with van der Waals surface area (Å²) in [6.07, 6.45) is 10.1. The van der Waals surface area contributed by atoms with Crippen molar-refractivity contribution in [2.75, 3.05) is 0 Å². The van der Waals surface area contributed by atoms with Gasteiger partial charge in [-0.25, -0.2) is 9.97 Å². The van der Waals surface area contributed by atoms with E-state index >= 15 is 0 Å². The van der Waals surface area contributed by atoms with Crippen molar-refractivity contribution < 1.29 is 0 Å². The fraction of sp³-hybridized carbons (Fsp3) is 0.105. The lowest BCUT2D eigenvalue weighted by Crippen LogP contribution is -2.28. The van der Waals surface area contributed by atoms with E-state index in [1.165, 1.54) is 71.0 Å². The van der Waals surface area contributed by atoms with Gasteiger partial charge in [0.05, 0.1) is 11.4 Å². The van der Waals surface area contributed by atoms with Crippen LogP contribution in [0.5, 0.6) is 0 Å². The Hall–Kier alpha value is -7.23. The van der Waals surface area contributed by atoms with E-state index in [1.807, 2.05) is 30.5 Å². The van der Waals surface area contributed by atoms with Crippen LogP contribution in [0.4, 0.5) is 0 Å². The van der Waals surface area contributed by atoms with E-state index in [2.05, 4.69) is 169 Å². The zero-order valence-corrected chi connectivity index (χ0v) is 33.4. The van der Waals surface area contributed by atoms with Gasteiger partial charge in [0.2, 0.25) is 0 Å². The molecule has 1 spiro atoms. The molecule has 286 valence electrons. The van der Waals surface area contributed by atoms with Crippen LogP contribution in [-0.4, -0.2) is 15.0 Å². The van der Waals surface area contributed by atoms with Crippen LogP contribution in [0.1, 0.15) is 43.2 Å². The predicted molar refractivity (Wildman–Crippen MR) is 247 cm³/mol. The number of fused-ring (bicyclic) bond motifs is 5. The molecule has 0 bridgehead atoms. The second-order valence-electron chi connectivity index (χ2n) is 16.3. The van der Waals surface area contributed by atoms with E-state index in [9.17, 15) is 0 Å². The van der Waals surface area contributed by atoms with Crippen LogP contribution in [0.2, 0.25) is 0 Å². The smallest absolute Gasteiger partial charge is 0.160 e. The highest BCUT2D eigenvalue weighted by molar-refractivity contribution is 5.85. The lowest BCUT2D eigenvalue weighted by molar-refractivity contribution is 0.353. The van der Waals surface area contributed by atoms with Gasteiger partial charge in [-0.3, -0.25) is 4.98 Å². The van der Waals surface area contributed by atoms with Crippen LogP contribution in [0.3, 0.4) is 0 Å². The van der Waals surface area contributed by atoms with Crippen molar-refractivity contribution in [1.82, 2.24) is 15.0 Å². The van der Waals surface area contributed by atoms with Crippen molar-refractivity contribution in [3.63, 3.8) is 0 Å². The first kappa shape index (κ1) is 35.9. The molecule has 0 amide bonds. The van der Waals surface area contributed by atoms with Gasteiger partial charge in [-0.05, 0) is 104 Å². The number of nitrogens with zero attached hydrogens (tertiary/aromatic N) is 3. The Labute approximate surface area is 352 Å². The molecule has 2 aliphatic rings. The Morgan fingerprint density at radius 1 is 0.333 bits per heavy atom. The fourth-order valence-corrected chi connectivity index (χ4v) is 9.72. The Morgan fingerprint density at radius 3 is 1.53 bits per heavy atom. The Bertz CT molecular complexity index is 2960. The number of pyridine rings is 1. The summed E-state index contributed by atoms with van der Waals surface area (Å²) in [4.78, 5) is 14.5. The lowest BCUT2D eigenvalue weighted by Gasteiger charge is -2.36. The van der Waals surface area contributed by atoms with E-state index in [1.54, 1.807) is 11.8 Å². The monoisotopic (exact) mass is 769 g/mol. The molecule has 11 rings (SSSR count). The minimum Gasteiger partial charge on any atom is -0.264 e.